The molecule has 1 heterocycles. The molecule has 2 unspecified atom stereocenters. The van der Waals surface area contributed by atoms with E-state index in [0.29, 0.717) is 19.2 Å². The van der Waals surface area contributed by atoms with Gasteiger partial charge in [0, 0.05) is 25.7 Å². The van der Waals surface area contributed by atoms with Gasteiger partial charge in [0.15, 0.2) is 0 Å². The van der Waals surface area contributed by atoms with Crippen LogP contribution in [0.15, 0.2) is 0 Å². The first-order valence-electron chi connectivity index (χ1n) is 8.40. The Bertz CT molecular complexity index is 227. The van der Waals surface area contributed by atoms with Crippen LogP contribution in [-0.2, 0) is 4.74 Å². The molecule has 1 aliphatic heterocycles. The predicted molar refractivity (Wildman–Crippen MR) is 84.1 cm³/mol. The molecular weight excluding hydrogens is 252 g/mol. The lowest BCUT2D eigenvalue weighted by Gasteiger charge is -2.32. The molecule has 4 heteroatoms. The number of hydrogen-bond acceptors (Lipinski definition) is 4. The summed E-state index contributed by atoms with van der Waals surface area (Å²) in [5, 5.41) is 13.2. The fraction of sp³-hybridized carbons (Fsp3) is 1.00. The lowest BCUT2D eigenvalue weighted by molar-refractivity contribution is 0.0343. The molecule has 0 aromatic heterocycles. The van der Waals surface area contributed by atoms with Gasteiger partial charge in [0.25, 0.3) is 0 Å². The number of aliphatic hydroxyl groups is 1. The number of hydrogen-bond donors (Lipinski definition) is 2. The van der Waals surface area contributed by atoms with Gasteiger partial charge in [-0.25, -0.2) is 0 Å². The van der Waals surface area contributed by atoms with Crippen molar-refractivity contribution in [2.24, 2.45) is 0 Å². The van der Waals surface area contributed by atoms with Crippen molar-refractivity contribution in [3.8, 4) is 0 Å². The van der Waals surface area contributed by atoms with Crippen molar-refractivity contribution in [1.82, 2.24) is 10.2 Å². The van der Waals surface area contributed by atoms with Crippen molar-refractivity contribution in [3.05, 3.63) is 0 Å². The Morgan fingerprint density at radius 1 is 1.30 bits per heavy atom. The SMILES string of the molecule is CCCCCCOCC(O)CNCC1CCCCN1C. The molecule has 20 heavy (non-hydrogen) atoms. The molecule has 0 amide bonds. The van der Waals surface area contributed by atoms with Crippen LogP contribution in [0.2, 0.25) is 0 Å². The highest BCUT2D eigenvalue weighted by molar-refractivity contribution is 4.76. The van der Waals surface area contributed by atoms with Gasteiger partial charge in [-0.1, -0.05) is 32.6 Å². The quantitative estimate of drug-likeness (QED) is 0.570. The molecule has 1 aliphatic rings. The minimum atomic E-state index is -0.380. The zero-order valence-corrected chi connectivity index (χ0v) is 13.4. The molecule has 0 spiro atoms. The van der Waals surface area contributed by atoms with E-state index in [4.69, 9.17) is 4.74 Å². The van der Waals surface area contributed by atoms with Crippen LogP contribution in [0, 0.1) is 0 Å². The van der Waals surface area contributed by atoms with E-state index >= 15 is 0 Å². The predicted octanol–water partition coefficient (Wildman–Crippen LogP) is 2.02. The second kappa shape index (κ2) is 11.5. The summed E-state index contributed by atoms with van der Waals surface area (Å²) in [7, 11) is 2.20. The summed E-state index contributed by atoms with van der Waals surface area (Å²) in [4.78, 5) is 2.42. The molecule has 1 rings (SSSR count). The molecule has 0 aliphatic carbocycles. The first kappa shape index (κ1) is 17.9. The second-order valence-corrected chi connectivity index (χ2v) is 6.08. The van der Waals surface area contributed by atoms with Crippen molar-refractivity contribution in [2.75, 3.05) is 39.9 Å². The standard InChI is InChI=1S/C16H34N2O2/c1-3-4-5-8-11-20-14-16(19)13-17-12-15-9-6-7-10-18(15)2/h15-17,19H,3-14H2,1-2H3. The van der Waals surface area contributed by atoms with Crippen LogP contribution < -0.4 is 5.32 Å². The van der Waals surface area contributed by atoms with Crippen LogP contribution in [-0.4, -0.2) is 62.0 Å². The van der Waals surface area contributed by atoms with Crippen molar-refractivity contribution in [2.45, 2.75) is 64.0 Å². The second-order valence-electron chi connectivity index (χ2n) is 6.08. The van der Waals surface area contributed by atoms with Crippen LogP contribution in [0.1, 0.15) is 51.9 Å². The average molecular weight is 286 g/mol. The lowest BCUT2D eigenvalue weighted by atomic mass is 10.0. The topological polar surface area (TPSA) is 44.7 Å². The number of piperidine rings is 1. The Kier molecular flexibility index (Phi) is 10.3. The highest BCUT2D eigenvalue weighted by Crippen LogP contribution is 2.13. The Balaban J connectivity index is 1.93. The van der Waals surface area contributed by atoms with Crippen LogP contribution >= 0.6 is 0 Å². The van der Waals surface area contributed by atoms with Crippen molar-refractivity contribution in [3.63, 3.8) is 0 Å². The molecule has 0 bridgehead atoms. The first-order chi connectivity index (χ1) is 9.74. The van der Waals surface area contributed by atoms with Crippen LogP contribution in [0.5, 0.6) is 0 Å². The van der Waals surface area contributed by atoms with Crippen molar-refractivity contribution >= 4 is 0 Å². The normalized spacial score (nSPS) is 22.1. The van der Waals surface area contributed by atoms with E-state index in [1.807, 2.05) is 0 Å². The fourth-order valence-electron chi connectivity index (χ4n) is 2.73. The third kappa shape index (κ3) is 8.20. The van der Waals surface area contributed by atoms with Gasteiger partial charge < -0.3 is 20.1 Å². The van der Waals surface area contributed by atoms with Gasteiger partial charge in [-0.15, -0.1) is 0 Å². The highest BCUT2D eigenvalue weighted by Gasteiger charge is 2.18. The van der Waals surface area contributed by atoms with Gasteiger partial charge in [-0.05, 0) is 32.9 Å². The van der Waals surface area contributed by atoms with Gasteiger partial charge >= 0.3 is 0 Å². The van der Waals surface area contributed by atoms with E-state index < -0.39 is 0 Å². The summed E-state index contributed by atoms with van der Waals surface area (Å²) in [5.41, 5.74) is 0. The molecule has 2 atom stereocenters. The molecule has 0 radical (unpaired) electrons. The summed E-state index contributed by atoms with van der Waals surface area (Å²) in [6.07, 6.45) is 8.43. The van der Waals surface area contributed by atoms with Crippen LogP contribution in [0.25, 0.3) is 0 Å². The van der Waals surface area contributed by atoms with E-state index in [2.05, 4.69) is 24.2 Å². The Morgan fingerprint density at radius 2 is 2.15 bits per heavy atom. The number of unbranched alkanes of at least 4 members (excludes halogenated alkanes) is 3. The molecule has 0 aromatic carbocycles. The summed E-state index contributed by atoms with van der Waals surface area (Å²) in [6.45, 7) is 6.27. The van der Waals surface area contributed by atoms with Crippen LogP contribution in [0.3, 0.4) is 0 Å². The molecule has 1 saturated heterocycles. The Labute approximate surface area is 124 Å². The molecular formula is C16H34N2O2. The maximum Gasteiger partial charge on any atom is 0.0897 e. The van der Waals surface area contributed by atoms with E-state index in [9.17, 15) is 5.11 Å². The van der Waals surface area contributed by atoms with Crippen molar-refractivity contribution < 1.29 is 9.84 Å². The minimum Gasteiger partial charge on any atom is -0.389 e. The summed E-state index contributed by atoms with van der Waals surface area (Å²) in [6, 6.07) is 0.630. The van der Waals surface area contributed by atoms with E-state index in [1.54, 1.807) is 0 Å². The number of likely N-dealkylation sites (N-methyl/N-ethyl adjacent to an activating group) is 1. The number of ether oxygens (including phenoxy) is 1. The fourth-order valence-corrected chi connectivity index (χ4v) is 2.73. The molecule has 4 nitrogen and oxygen atoms in total. The van der Waals surface area contributed by atoms with E-state index in [-0.39, 0.29) is 6.10 Å². The summed E-state index contributed by atoms with van der Waals surface area (Å²) < 4.78 is 5.51. The third-order valence-corrected chi connectivity index (χ3v) is 4.13. The molecule has 120 valence electrons. The van der Waals surface area contributed by atoms with E-state index in [1.165, 1.54) is 45.1 Å². The minimum absolute atomic E-state index is 0.380. The highest BCUT2D eigenvalue weighted by atomic mass is 16.5. The maximum atomic E-state index is 9.85. The van der Waals surface area contributed by atoms with Gasteiger partial charge in [-0.2, -0.15) is 0 Å². The van der Waals surface area contributed by atoms with Gasteiger partial charge in [0.05, 0.1) is 12.7 Å². The monoisotopic (exact) mass is 286 g/mol. The Hall–Kier alpha value is -0.160. The van der Waals surface area contributed by atoms with Crippen molar-refractivity contribution in [1.29, 1.82) is 0 Å². The Morgan fingerprint density at radius 3 is 2.90 bits per heavy atom. The third-order valence-electron chi connectivity index (χ3n) is 4.13. The van der Waals surface area contributed by atoms with Crippen LogP contribution in [0.4, 0.5) is 0 Å². The van der Waals surface area contributed by atoms with Gasteiger partial charge in [0.2, 0.25) is 0 Å². The molecule has 2 N–H and O–H groups in total. The van der Waals surface area contributed by atoms with E-state index in [0.717, 1.165) is 19.6 Å². The zero-order valence-electron chi connectivity index (χ0n) is 13.4. The molecule has 1 fully saturated rings. The van der Waals surface area contributed by atoms with Gasteiger partial charge in [0.1, 0.15) is 0 Å². The number of nitrogens with one attached hydrogen (secondary N) is 1. The number of likely N-dealkylation sites (tertiary alicyclic amines) is 1. The smallest absolute Gasteiger partial charge is 0.0897 e. The molecule has 0 saturated carbocycles. The number of nitrogens with zero attached hydrogens (tertiary/aromatic N) is 1. The molecule has 0 aromatic rings. The summed E-state index contributed by atoms with van der Waals surface area (Å²) >= 11 is 0. The largest absolute Gasteiger partial charge is 0.389 e. The zero-order chi connectivity index (χ0) is 14.6. The summed E-state index contributed by atoms with van der Waals surface area (Å²) in [5.74, 6) is 0. The first-order valence-corrected chi connectivity index (χ1v) is 8.40. The lowest BCUT2D eigenvalue weighted by Crippen LogP contribution is -2.45. The maximum absolute atomic E-state index is 9.85. The average Bonchev–Trinajstić information content (AvgIpc) is 2.45. The number of aliphatic hydroxyl groups excluding tert-OH is 1. The number of rotatable bonds is 11. The van der Waals surface area contributed by atoms with Gasteiger partial charge in [-0.3, -0.25) is 0 Å².